The largest absolute Gasteiger partial charge is 0.381 e. The molecule has 10 heteroatoms. The number of amides is 1. The first-order valence-corrected chi connectivity index (χ1v) is 13.3. The van der Waals surface area contributed by atoms with Gasteiger partial charge < -0.3 is 20.5 Å². The molecule has 41 heavy (non-hydrogen) atoms. The summed E-state index contributed by atoms with van der Waals surface area (Å²) in [5, 5.41) is 8.30. The molecule has 0 saturated carbocycles. The highest BCUT2D eigenvalue weighted by atomic mass is 16.7. The maximum atomic E-state index is 14.2. The van der Waals surface area contributed by atoms with Gasteiger partial charge in [-0.25, -0.2) is 9.50 Å². The molecule has 0 spiro atoms. The molecule has 0 saturated heterocycles. The number of nitrogen functional groups attached to an aromatic ring is 1. The van der Waals surface area contributed by atoms with Crippen LogP contribution in [0.1, 0.15) is 48.4 Å². The molecule has 0 fully saturated rings. The molecule has 208 valence electrons. The molecule has 1 unspecified atom stereocenters. The number of benzene rings is 2. The first-order chi connectivity index (χ1) is 19.9. The number of carbonyl (C=O) groups is 1. The predicted molar refractivity (Wildman–Crippen MR) is 157 cm³/mol. The Morgan fingerprint density at radius 2 is 1.83 bits per heavy atom. The van der Waals surface area contributed by atoms with Crippen LogP contribution in [0, 0.1) is 11.8 Å². The van der Waals surface area contributed by atoms with Crippen molar-refractivity contribution < 1.29 is 14.3 Å². The zero-order valence-electron chi connectivity index (χ0n) is 23.0. The van der Waals surface area contributed by atoms with E-state index in [1.54, 1.807) is 29.1 Å². The molecule has 2 aromatic carbocycles. The average molecular weight is 551 g/mol. The van der Waals surface area contributed by atoms with Crippen LogP contribution in [0.2, 0.25) is 0 Å². The zero-order valence-corrected chi connectivity index (χ0v) is 23.0. The van der Waals surface area contributed by atoms with Gasteiger partial charge in [-0.3, -0.25) is 14.2 Å². The van der Waals surface area contributed by atoms with Crippen molar-refractivity contribution in [3.05, 3.63) is 100 Å². The lowest BCUT2D eigenvalue weighted by Crippen LogP contribution is -2.32. The van der Waals surface area contributed by atoms with Crippen LogP contribution in [0.5, 0.6) is 0 Å². The monoisotopic (exact) mass is 550 g/mol. The van der Waals surface area contributed by atoms with Crippen molar-refractivity contribution in [1.29, 1.82) is 0 Å². The Hall–Kier alpha value is -4.98. The second-order valence-electron chi connectivity index (χ2n) is 9.17. The van der Waals surface area contributed by atoms with Crippen LogP contribution in [0.3, 0.4) is 0 Å². The minimum Gasteiger partial charge on any atom is -0.381 e. The topological polar surface area (TPSA) is 126 Å². The molecule has 10 nitrogen and oxygen atoms in total. The third kappa shape index (κ3) is 5.54. The molecule has 0 bridgehead atoms. The number of carbonyl (C=O) groups excluding carboxylic acids is 1. The Kier molecular flexibility index (Phi) is 8.10. The zero-order chi connectivity index (χ0) is 28.9. The van der Waals surface area contributed by atoms with Gasteiger partial charge in [-0.1, -0.05) is 36.3 Å². The van der Waals surface area contributed by atoms with Gasteiger partial charge in [-0.05, 0) is 62.4 Å². The van der Waals surface area contributed by atoms with Gasteiger partial charge >= 0.3 is 0 Å². The summed E-state index contributed by atoms with van der Waals surface area (Å²) in [7, 11) is 0. The summed E-state index contributed by atoms with van der Waals surface area (Å²) < 4.78 is 14.2. The minimum absolute atomic E-state index is 0.0630. The molecule has 5 rings (SSSR count). The summed E-state index contributed by atoms with van der Waals surface area (Å²) in [5.74, 6) is 5.69. The lowest BCUT2D eigenvalue weighted by atomic mass is 10.0. The number of nitrogens with one attached hydrogen (secondary N) is 1. The standard InChI is InChI=1S/C31H30N6O4/c1-4-40-25(41-5-2)16-15-21-11-9-12-22-19-24(37(31(39)26(21)22)23-13-7-6-8-14-23)20(3)34-30(38)27-28(32)35-36-18-10-17-33-29(27)36/h6-14,17-20,25H,4-5H2,1-3H3,(H2,32,35)(H,34,38). The summed E-state index contributed by atoms with van der Waals surface area (Å²) >= 11 is 0. The molecule has 0 aliphatic heterocycles. The predicted octanol–water partition coefficient (Wildman–Crippen LogP) is 3.86. The molecule has 3 heterocycles. The van der Waals surface area contributed by atoms with E-state index in [4.69, 9.17) is 15.2 Å². The number of pyridine rings is 1. The summed E-state index contributed by atoms with van der Waals surface area (Å²) in [5.41, 5.74) is 8.10. The molecule has 0 aliphatic rings. The smallest absolute Gasteiger partial charge is 0.264 e. The fourth-order valence-electron chi connectivity index (χ4n) is 4.68. The van der Waals surface area contributed by atoms with Crippen LogP contribution in [0.4, 0.5) is 5.82 Å². The van der Waals surface area contributed by atoms with Crippen molar-refractivity contribution in [3.8, 4) is 17.5 Å². The van der Waals surface area contributed by atoms with E-state index in [0.717, 1.165) is 0 Å². The highest BCUT2D eigenvalue weighted by molar-refractivity contribution is 6.04. The normalized spacial score (nSPS) is 11.9. The Labute approximate surface area is 236 Å². The number of ether oxygens (including phenoxy) is 2. The molecular weight excluding hydrogens is 520 g/mol. The molecule has 3 aromatic heterocycles. The van der Waals surface area contributed by atoms with Crippen LogP contribution in [0.15, 0.2) is 77.9 Å². The van der Waals surface area contributed by atoms with E-state index in [9.17, 15) is 9.59 Å². The van der Waals surface area contributed by atoms with Crippen molar-refractivity contribution in [3.63, 3.8) is 0 Å². The van der Waals surface area contributed by atoms with Crippen molar-refractivity contribution in [2.75, 3.05) is 18.9 Å². The molecule has 5 aromatic rings. The Bertz CT molecular complexity index is 1830. The SMILES string of the molecule is CCOC(C#Cc1cccc2cc(C(C)NC(=O)c3c(N)nn4cccnc34)n(-c3ccccc3)c(=O)c12)OCC. The van der Waals surface area contributed by atoms with E-state index >= 15 is 0 Å². The lowest BCUT2D eigenvalue weighted by molar-refractivity contribution is -0.0969. The molecule has 3 N–H and O–H groups in total. The summed E-state index contributed by atoms with van der Waals surface area (Å²) in [6, 6.07) is 17.7. The number of nitrogens with two attached hydrogens (primary N) is 1. The minimum atomic E-state index is -0.701. The number of hydrogen-bond donors (Lipinski definition) is 2. The second kappa shape index (κ2) is 12.0. The van der Waals surface area contributed by atoms with E-state index in [-0.39, 0.29) is 16.9 Å². The van der Waals surface area contributed by atoms with Gasteiger partial charge in [0.25, 0.3) is 11.5 Å². The van der Waals surface area contributed by atoms with Crippen molar-refractivity contribution in [1.82, 2.24) is 24.5 Å². The highest BCUT2D eigenvalue weighted by Crippen LogP contribution is 2.24. The molecule has 0 radical (unpaired) electrons. The van der Waals surface area contributed by atoms with Crippen LogP contribution in [-0.2, 0) is 9.47 Å². The van der Waals surface area contributed by atoms with E-state index in [1.807, 2.05) is 69.3 Å². The Balaban J connectivity index is 1.62. The van der Waals surface area contributed by atoms with Gasteiger partial charge in [0.2, 0.25) is 6.29 Å². The van der Waals surface area contributed by atoms with Gasteiger partial charge in [-0.15, -0.1) is 5.10 Å². The van der Waals surface area contributed by atoms with E-state index in [1.165, 1.54) is 4.52 Å². The Morgan fingerprint density at radius 1 is 1.07 bits per heavy atom. The van der Waals surface area contributed by atoms with E-state index < -0.39 is 18.2 Å². The van der Waals surface area contributed by atoms with Crippen LogP contribution in [0.25, 0.3) is 22.1 Å². The maximum absolute atomic E-state index is 14.2. The molecule has 0 aliphatic carbocycles. The first-order valence-electron chi connectivity index (χ1n) is 13.3. The highest BCUT2D eigenvalue weighted by Gasteiger charge is 2.24. The van der Waals surface area contributed by atoms with Gasteiger partial charge in [-0.2, -0.15) is 0 Å². The molecular formula is C31H30N6O4. The Morgan fingerprint density at radius 3 is 2.56 bits per heavy atom. The van der Waals surface area contributed by atoms with Crippen molar-refractivity contribution >= 4 is 28.1 Å². The van der Waals surface area contributed by atoms with Gasteiger partial charge in [0, 0.05) is 42.6 Å². The third-order valence-corrected chi connectivity index (χ3v) is 6.49. The third-order valence-electron chi connectivity index (χ3n) is 6.49. The van der Waals surface area contributed by atoms with Gasteiger partial charge in [0.1, 0.15) is 5.56 Å². The van der Waals surface area contributed by atoms with Crippen molar-refractivity contribution in [2.24, 2.45) is 0 Å². The van der Waals surface area contributed by atoms with Crippen LogP contribution in [-0.4, -0.2) is 44.6 Å². The number of fused-ring (bicyclic) bond motifs is 2. The fourth-order valence-corrected chi connectivity index (χ4v) is 4.68. The van der Waals surface area contributed by atoms with Gasteiger partial charge in [0.05, 0.1) is 11.4 Å². The van der Waals surface area contributed by atoms with E-state index in [0.29, 0.717) is 46.6 Å². The van der Waals surface area contributed by atoms with Crippen molar-refractivity contribution in [2.45, 2.75) is 33.1 Å². The average Bonchev–Trinajstić information content (AvgIpc) is 3.32. The second-order valence-corrected chi connectivity index (χ2v) is 9.17. The quantitative estimate of drug-likeness (QED) is 0.222. The molecule has 1 amide bonds. The fraction of sp³-hybridized carbons (Fsp3) is 0.226. The number of aromatic nitrogens is 4. The summed E-state index contributed by atoms with van der Waals surface area (Å²) in [6.45, 7) is 6.43. The first kappa shape index (κ1) is 27.6. The van der Waals surface area contributed by atoms with E-state index in [2.05, 4.69) is 27.2 Å². The lowest BCUT2D eigenvalue weighted by Gasteiger charge is -2.21. The number of hydrogen-bond acceptors (Lipinski definition) is 7. The number of para-hydroxylation sites is 1. The van der Waals surface area contributed by atoms with Gasteiger partial charge in [0.15, 0.2) is 11.5 Å². The number of nitrogens with zero attached hydrogens (tertiary/aromatic N) is 4. The molecule has 1 atom stereocenters. The number of rotatable bonds is 8. The van der Waals surface area contributed by atoms with Crippen LogP contribution >= 0.6 is 0 Å². The van der Waals surface area contributed by atoms with Crippen LogP contribution < -0.4 is 16.6 Å². The summed E-state index contributed by atoms with van der Waals surface area (Å²) in [4.78, 5) is 31.9. The maximum Gasteiger partial charge on any atom is 0.264 e. The number of anilines is 1. The summed E-state index contributed by atoms with van der Waals surface area (Å²) in [6.07, 6.45) is 2.53.